The van der Waals surface area contributed by atoms with Gasteiger partial charge in [0.05, 0.1) is 6.20 Å². The summed E-state index contributed by atoms with van der Waals surface area (Å²) in [5.74, 6) is -0.130. The summed E-state index contributed by atoms with van der Waals surface area (Å²) in [5, 5.41) is 0. The van der Waals surface area contributed by atoms with Crippen molar-refractivity contribution in [3.8, 4) is 0 Å². The summed E-state index contributed by atoms with van der Waals surface area (Å²) < 4.78 is 0. The lowest BCUT2D eigenvalue weighted by atomic mass is 10.2. The highest BCUT2D eigenvalue weighted by Crippen LogP contribution is 2.13. The van der Waals surface area contributed by atoms with Gasteiger partial charge in [-0.3, -0.25) is 9.78 Å². The molecule has 104 valence electrons. The second-order valence-electron chi connectivity index (χ2n) is 4.81. The van der Waals surface area contributed by atoms with Gasteiger partial charge in [-0.25, -0.2) is 4.98 Å². The van der Waals surface area contributed by atoms with Crippen LogP contribution in [-0.2, 0) is 6.54 Å². The van der Waals surface area contributed by atoms with Crippen LogP contribution in [0.15, 0.2) is 42.9 Å². The third-order valence-corrected chi connectivity index (χ3v) is 3.00. The van der Waals surface area contributed by atoms with E-state index in [0.29, 0.717) is 12.2 Å². The number of aromatic nitrogens is 2. The van der Waals surface area contributed by atoms with Crippen molar-refractivity contribution in [3.63, 3.8) is 0 Å². The molecular formula is C15H18N4O. The SMILES string of the molecule is CN(Cc1ccc(N(C)C)cc1)C(=O)c1cnccn1. The molecule has 0 saturated heterocycles. The molecule has 1 aromatic carbocycles. The summed E-state index contributed by atoms with van der Waals surface area (Å²) in [7, 11) is 5.76. The number of hydrogen-bond acceptors (Lipinski definition) is 4. The second kappa shape index (κ2) is 6.14. The van der Waals surface area contributed by atoms with Gasteiger partial charge < -0.3 is 9.80 Å². The average Bonchev–Trinajstić information content (AvgIpc) is 2.48. The standard InChI is InChI=1S/C15H18N4O/c1-18(2)13-6-4-12(5-7-13)11-19(3)15(20)14-10-16-8-9-17-14/h4-10H,11H2,1-3H3. The van der Waals surface area contributed by atoms with Crippen molar-refractivity contribution >= 4 is 11.6 Å². The zero-order valence-electron chi connectivity index (χ0n) is 11.9. The molecular weight excluding hydrogens is 252 g/mol. The first kappa shape index (κ1) is 14.0. The summed E-state index contributed by atoms with van der Waals surface area (Å²) in [6, 6.07) is 8.12. The fraction of sp³-hybridized carbons (Fsp3) is 0.267. The molecule has 0 aliphatic heterocycles. The van der Waals surface area contributed by atoms with Crippen LogP contribution in [0.4, 0.5) is 5.69 Å². The summed E-state index contributed by atoms with van der Waals surface area (Å²) in [4.78, 5) is 23.7. The molecule has 0 fully saturated rings. The monoisotopic (exact) mass is 270 g/mol. The lowest BCUT2D eigenvalue weighted by molar-refractivity contribution is 0.0779. The highest BCUT2D eigenvalue weighted by molar-refractivity contribution is 5.91. The van der Waals surface area contributed by atoms with E-state index in [1.54, 1.807) is 18.1 Å². The quantitative estimate of drug-likeness (QED) is 0.850. The fourth-order valence-corrected chi connectivity index (χ4v) is 1.85. The van der Waals surface area contributed by atoms with E-state index < -0.39 is 0 Å². The van der Waals surface area contributed by atoms with E-state index in [4.69, 9.17) is 0 Å². The number of anilines is 1. The Balaban J connectivity index is 2.04. The third-order valence-electron chi connectivity index (χ3n) is 3.00. The summed E-state index contributed by atoms with van der Waals surface area (Å²) in [6.07, 6.45) is 4.55. The van der Waals surface area contributed by atoms with Crippen molar-refractivity contribution in [3.05, 3.63) is 54.1 Å². The van der Waals surface area contributed by atoms with Crippen LogP contribution in [0.1, 0.15) is 16.1 Å². The third kappa shape index (κ3) is 3.32. The molecule has 0 N–H and O–H groups in total. The van der Waals surface area contributed by atoms with Gasteiger partial charge in [0.25, 0.3) is 5.91 Å². The average molecular weight is 270 g/mol. The molecule has 2 aromatic rings. The number of amides is 1. The van der Waals surface area contributed by atoms with Crippen LogP contribution in [0.25, 0.3) is 0 Å². The van der Waals surface area contributed by atoms with Crippen LogP contribution in [-0.4, -0.2) is 41.9 Å². The minimum absolute atomic E-state index is 0.130. The van der Waals surface area contributed by atoms with Gasteiger partial charge in [0, 0.05) is 45.8 Å². The van der Waals surface area contributed by atoms with E-state index in [9.17, 15) is 4.79 Å². The van der Waals surface area contributed by atoms with Gasteiger partial charge in [-0.2, -0.15) is 0 Å². The smallest absolute Gasteiger partial charge is 0.274 e. The Labute approximate surface area is 118 Å². The first-order valence-corrected chi connectivity index (χ1v) is 6.35. The molecule has 0 aliphatic rings. The number of rotatable bonds is 4. The Bertz CT molecular complexity index is 566. The predicted octanol–water partition coefficient (Wildman–Crippen LogP) is 1.81. The minimum atomic E-state index is -0.130. The van der Waals surface area contributed by atoms with Gasteiger partial charge in [-0.05, 0) is 17.7 Å². The molecule has 20 heavy (non-hydrogen) atoms. The number of carbonyl (C=O) groups is 1. The largest absolute Gasteiger partial charge is 0.378 e. The Morgan fingerprint density at radius 1 is 1.10 bits per heavy atom. The maximum atomic E-state index is 12.1. The molecule has 5 nitrogen and oxygen atoms in total. The minimum Gasteiger partial charge on any atom is -0.378 e. The molecule has 1 aromatic heterocycles. The van der Waals surface area contributed by atoms with E-state index in [-0.39, 0.29) is 5.91 Å². The number of nitrogens with zero attached hydrogens (tertiary/aromatic N) is 4. The molecule has 2 rings (SSSR count). The van der Waals surface area contributed by atoms with Crippen LogP contribution < -0.4 is 4.90 Å². The van der Waals surface area contributed by atoms with Gasteiger partial charge >= 0.3 is 0 Å². The van der Waals surface area contributed by atoms with E-state index in [1.807, 2.05) is 43.3 Å². The van der Waals surface area contributed by atoms with Gasteiger partial charge in [0.15, 0.2) is 0 Å². The first-order chi connectivity index (χ1) is 9.58. The van der Waals surface area contributed by atoms with Gasteiger partial charge in [0.2, 0.25) is 0 Å². The van der Waals surface area contributed by atoms with E-state index >= 15 is 0 Å². The Morgan fingerprint density at radius 2 is 1.80 bits per heavy atom. The van der Waals surface area contributed by atoms with E-state index in [0.717, 1.165) is 11.3 Å². The molecule has 1 heterocycles. The van der Waals surface area contributed by atoms with Crippen LogP contribution in [0.3, 0.4) is 0 Å². The van der Waals surface area contributed by atoms with Crippen molar-refractivity contribution in [1.29, 1.82) is 0 Å². The molecule has 0 atom stereocenters. The van der Waals surface area contributed by atoms with Crippen LogP contribution in [0.2, 0.25) is 0 Å². The molecule has 0 unspecified atom stereocenters. The van der Waals surface area contributed by atoms with Crippen molar-refractivity contribution in [2.24, 2.45) is 0 Å². The summed E-state index contributed by atoms with van der Waals surface area (Å²) in [6.45, 7) is 0.545. The van der Waals surface area contributed by atoms with Crippen LogP contribution >= 0.6 is 0 Å². The maximum absolute atomic E-state index is 12.1. The number of benzene rings is 1. The highest BCUT2D eigenvalue weighted by Gasteiger charge is 2.13. The first-order valence-electron chi connectivity index (χ1n) is 6.35. The molecule has 0 spiro atoms. The van der Waals surface area contributed by atoms with Gasteiger partial charge in [-0.1, -0.05) is 12.1 Å². The molecule has 1 amide bonds. The van der Waals surface area contributed by atoms with Crippen LogP contribution in [0, 0.1) is 0 Å². The highest BCUT2D eigenvalue weighted by atomic mass is 16.2. The van der Waals surface area contributed by atoms with Crippen molar-refractivity contribution in [2.45, 2.75) is 6.54 Å². The van der Waals surface area contributed by atoms with Crippen LogP contribution in [0.5, 0.6) is 0 Å². The van der Waals surface area contributed by atoms with Gasteiger partial charge in [0.1, 0.15) is 5.69 Å². The second-order valence-corrected chi connectivity index (χ2v) is 4.81. The Morgan fingerprint density at radius 3 is 2.35 bits per heavy atom. The van der Waals surface area contributed by atoms with Gasteiger partial charge in [-0.15, -0.1) is 0 Å². The normalized spacial score (nSPS) is 10.2. The van der Waals surface area contributed by atoms with E-state index in [1.165, 1.54) is 12.4 Å². The predicted molar refractivity (Wildman–Crippen MR) is 78.6 cm³/mol. The van der Waals surface area contributed by atoms with Crippen molar-refractivity contribution < 1.29 is 4.79 Å². The number of carbonyl (C=O) groups excluding carboxylic acids is 1. The summed E-state index contributed by atoms with van der Waals surface area (Å²) >= 11 is 0. The fourth-order valence-electron chi connectivity index (χ4n) is 1.85. The lowest BCUT2D eigenvalue weighted by Crippen LogP contribution is -2.27. The summed E-state index contributed by atoms with van der Waals surface area (Å²) in [5.41, 5.74) is 2.58. The zero-order valence-corrected chi connectivity index (χ0v) is 11.9. The molecule has 0 bridgehead atoms. The molecule has 0 radical (unpaired) electrons. The Kier molecular flexibility index (Phi) is 4.30. The lowest BCUT2D eigenvalue weighted by Gasteiger charge is -2.18. The zero-order chi connectivity index (χ0) is 14.5. The van der Waals surface area contributed by atoms with Crippen molar-refractivity contribution in [2.75, 3.05) is 26.0 Å². The molecule has 0 aliphatic carbocycles. The Hall–Kier alpha value is -2.43. The van der Waals surface area contributed by atoms with E-state index in [2.05, 4.69) is 9.97 Å². The number of hydrogen-bond donors (Lipinski definition) is 0. The topological polar surface area (TPSA) is 49.3 Å². The maximum Gasteiger partial charge on any atom is 0.274 e. The molecule has 5 heteroatoms. The van der Waals surface area contributed by atoms with Crippen molar-refractivity contribution in [1.82, 2.24) is 14.9 Å². The molecule has 0 saturated carbocycles.